The van der Waals surface area contributed by atoms with Crippen LogP contribution in [0.3, 0.4) is 0 Å². The summed E-state index contributed by atoms with van der Waals surface area (Å²) < 4.78 is 61.2. The van der Waals surface area contributed by atoms with Crippen LogP contribution in [0.25, 0.3) is 0 Å². The van der Waals surface area contributed by atoms with E-state index in [4.69, 9.17) is 0 Å². The number of carbonyl (C=O) groups is 1. The van der Waals surface area contributed by atoms with Crippen molar-refractivity contribution in [2.24, 2.45) is 5.92 Å². The summed E-state index contributed by atoms with van der Waals surface area (Å²) >= 11 is 0. The Kier molecular flexibility index (Phi) is 7.26. The summed E-state index contributed by atoms with van der Waals surface area (Å²) in [7, 11) is -5.71. The maximum absolute atomic E-state index is 12.7. The topological polar surface area (TPSA) is 118 Å². The van der Waals surface area contributed by atoms with Gasteiger partial charge in [0.1, 0.15) is 5.69 Å². The van der Waals surface area contributed by atoms with Gasteiger partial charge in [0, 0.05) is 24.7 Å². The number of nitro benzene ring substituents is 1. The molecule has 31 heavy (non-hydrogen) atoms. The van der Waals surface area contributed by atoms with Gasteiger partial charge in [-0.1, -0.05) is 26.0 Å². The smallest absolute Gasteiger partial charge is 0.375 e. The van der Waals surface area contributed by atoms with E-state index >= 15 is 0 Å². The van der Waals surface area contributed by atoms with Crippen LogP contribution in [-0.4, -0.2) is 24.8 Å². The van der Waals surface area contributed by atoms with Gasteiger partial charge in [-0.15, -0.1) is 0 Å². The molecule has 2 N–H and O–H groups in total. The number of sulfone groups is 1. The highest BCUT2D eigenvalue weighted by Gasteiger charge is 2.47. The van der Waals surface area contributed by atoms with E-state index in [1.165, 1.54) is 0 Å². The normalized spacial score (nSPS) is 11.9. The zero-order valence-corrected chi connectivity index (χ0v) is 17.4. The summed E-state index contributed by atoms with van der Waals surface area (Å²) in [6.07, 6.45) is 0.335. The molecule has 0 aliphatic carbocycles. The molecule has 0 aliphatic heterocycles. The Balaban J connectivity index is 2.21. The predicted molar refractivity (Wildman–Crippen MR) is 108 cm³/mol. The molecule has 0 unspecified atom stereocenters. The molecular weight excluding hydrogens is 439 g/mol. The number of rotatable bonds is 8. The van der Waals surface area contributed by atoms with E-state index in [0.29, 0.717) is 29.8 Å². The fraction of sp³-hybridized carbons (Fsp3) is 0.316. The second kappa shape index (κ2) is 9.33. The lowest BCUT2D eigenvalue weighted by Gasteiger charge is -2.12. The third kappa shape index (κ3) is 6.17. The highest BCUT2D eigenvalue weighted by molar-refractivity contribution is 7.92. The molecule has 0 fully saturated rings. The Morgan fingerprint density at radius 3 is 2.42 bits per heavy atom. The largest absolute Gasteiger partial charge is 0.501 e. The summed E-state index contributed by atoms with van der Waals surface area (Å²) in [5.74, 6) is 0.00624. The van der Waals surface area contributed by atoms with Crippen LogP contribution in [0.2, 0.25) is 0 Å². The van der Waals surface area contributed by atoms with Crippen molar-refractivity contribution in [3.63, 3.8) is 0 Å². The number of carbonyl (C=O) groups excluding carboxylic acids is 1. The molecule has 8 nitrogen and oxygen atoms in total. The Hall–Kier alpha value is -3.15. The molecule has 168 valence electrons. The first-order valence-electron chi connectivity index (χ1n) is 9.03. The number of nitrogens with one attached hydrogen (secondary N) is 2. The molecule has 0 saturated carbocycles. The van der Waals surface area contributed by atoms with Gasteiger partial charge in [-0.25, -0.2) is 8.42 Å². The Morgan fingerprint density at radius 2 is 1.84 bits per heavy atom. The van der Waals surface area contributed by atoms with E-state index in [-0.39, 0.29) is 24.1 Å². The molecule has 2 aromatic rings. The van der Waals surface area contributed by atoms with Crippen LogP contribution in [-0.2, 0) is 21.2 Å². The van der Waals surface area contributed by atoms with Crippen molar-refractivity contribution in [2.45, 2.75) is 37.2 Å². The quantitative estimate of drug-likeness (QED) is 0.444. The van der Waals surface area contributed by atoms with E-state index in [2.05, 4.69) is 10.6 Å². The van der Waals surface area contributed by atoms with Crippen molar-refractivity contribution in [2.75, 3.05) is 10.6 Å². The van der Waals surface area contributed by atoms with Crippen LogP contribution in [0, 0.1) is 16.0 Å². The minimum absolute atomic E-state index is 0.0418. The maximum atomic E-state index is 12.7. The first kappa shape index (κ1) is 24.1. The van der Waals surface area contributed by atoms with Crippen molar-refractivity contribution in [3.8, 4) is 0 Å². The monoisotopic (exact) mass is 459 g/mol. The Bertz CT molecular complexity index is 1090. The molecule has 1 amide bonds. The fourth-order valence-corrected chi connectivity index (χ4v) is 3.43. The van der Waals surface area contributed by atoms with E-state index in [9.17, 15) is 36.5 Å². The molecule has 0 bridgehead atoms. The van der Waals surface area contributed by atoms with Gasteiger partial charge < -0.3 is 10.6 Å². The van der Waals surface area contributed by atoms with Gasteiger partial charge in [0.05, 0.1) is 9.82 Å². The van der Waals surface area contributed by atoms with Gasteiger partial charge in [0.25, 0.3) is 15.5 Å². The fourth-order valence-electron chi connectivity index (χ4n) is 2.65. The summed E-state index contributed by atoms with van der Waals surface area (Å²) in [4.78, 5) is 21.0. The molecule has 0 heterocycles. The van der Waals surface area contributed by atoms with Crippen LogP contribution in [0.1, 0.15) is 25.8 Å². The second-order valence-electron chi connectivity index (χ2n) is 7.09. The minimum Gasteiger partial charge on any atom is -0.375 e. The molecule has 0 saturated heterocycles. The number of anilines is 2. The first-order chi connectivity index (χ1) is 14.3. The minimum atomic E-state index is -5.71. The highest BCUT2D eigenvalue weighted by Crippen LogP contribution is 2.34. The van der Waals surface area contributed by atoms with Crippen molar-refractivity contribution in [1.29, 1.82) is 0 Å². The lowest BCUT2D eigenvalue weighted by atomic mass is 10.1. The molecule has 0 radical (unpaired) electrons. The number of hydrogen-bond acceptors (Lipinski definition) is 6. The number of nitrogens with zero attached hydrogens (tertiary/aromatic N) is 1. The molecule has 0 aromatic heterocycles. The van der Waals surface area contributed by atoms with Crippen LogP contribution < -0.4 is 10.6 Å². The van der Waals surface area contributed by atoms with Crippen molar-refractivity contribution >= 4 is 32.8 Å². The first-order valence-corrected chi connectivity index (χ1v) is 10.5. The molecule has 0 spiro atoms. The van der Waals surface area contributed by atoms with E-state index in [1.54, 1.807) is 24.3 Å². The van der Waals surface area contributed by atoms with Crippen LogP contribution in [0.4, 0.5) is 30.2 Å². The zero-order valence-electron chi connectivity index (χ0n) is 16.6. The molecule has 2 rings (SSSR count). The van der Waals surface area contributed by atoms with Crippen LogP contribution in [0.5, 0.6) is 0 Å². The van der Waals surface area contributed by atoms with Gasteiger partial charge >= 0.3 is 5.51 Å². The number of amides is 1. The molecule has 0 aliphatic rings. The van der Waals surface area contributed by atoms with Gasteiger partial charge in [-0.3, -0.25) is 14.9 Å². The highest BCUT2D eigenvalue weighted by atomic mass is 32.2. The van der Waals surface area contributed by atoms with Gasteiger partial charge in [0.2, 0.25) is 5.91 Å². The third-order valence-corrected chi connectivity index (χ3v) is 5.55. The van der Waals surface area contributed by atoms with Gasteiger partial charge in [-0.2, -0.15) is 13.2 Å². The molecule has 12 heteroatoms. The standard InChI is InChI=1S/C19H20F3N3O5S/c1-12(2)8-18(26)24-14-5-3-4-13(9-14)11-23-16-7-6-15(10-17(16)25(27)28)31(29,30)19(20,21)22/h3-7,9-10,12,23H,8,11H2,1-2H3,(H,24,26). The summed E-state index contributed by atoms with van der Waals surface area (Å²) in [5.41, 5.74) is -5.39. The number of nitro groups is 1. The summed E-state index contributed by atoms with van der Waals surface area (Å²) in [6.45, 7) is 3.84. The molecule has 0 atom stereocenters. The Labute approximate surface area is 176 Å². The maximum Gasteiger partial charge on any atom is 0.501 e. The third-order valence-electron chi connectivity index (χ3n) is 4.07. The summed E-state index contributed by atoms with van der Waals surface area (Å²) in [6, 6.07) is 8.58. The second-order valence-corrected chi connectivity index (χ2v) is 9.03. The lowest BCUT2D eigenvalue weighted by Crippen LogP contribution is -2.23. The number of benzene rings is 2. The van der Waals surface area contributed by atoms with E-state index in [0.717, 1.165) is 6.07 Å². The van der Waals surface area contributed by atoms with Gasteiger partial charge in [0.15, 0.2) is 0 Å². The number of alkyl halides is 3. The van der Waals surface area contributed by atoms with E-state index in [1.807, 2.05) is 13.8 Å². The van der Waals surface area contributed by atoms with Crippen molar-refractivity contribution in [1.82, 2.24) is 0 Å². The number of halogens is 3. The molecular formula is C19H20F3N3O5S. The van der Waals surface area contributed by atoms with Crippen molar-refractivity contribution in [3.05, 3.63) is 58.1 Å². The van der Waals surface area contributed by atoms with Gasteiger partial charge in [-0.05, 0) is 35.7 Å². The van der Waals surface area contributed by atoms with Crippen molar-refractivity contribution < 1.29 is 31.3 Å². The Morgan fingerprint density at radius 1 is 1.16 bits per heavy atom. The lowest BCUT2D eigenvalue weighted by molar-refractivity contribution is -0.384. The van der Waals surface area contributed by atoms with E-state index < -0.39 is 30.9 Å². The summed E-state index contributed by atoms with van der Waals surface area (Å²) in [5, 5.41) is 16.7. The average molecular weight is 459 g/mol. The van der Waals surface area contributed by atoms with Crippen LogP contribution in [0.15, 0.2) is 47.4 Å². The predicted octanol–water partition coefficient (Wildman–Crippen LogP) is 4.49. The molecule has 2 aromatic carbocycles. The average Bonchev–Trinajstić information content (AvgIpc) is 2.64. The van der Waals surface area contributed by atoms with Crippen LogP contribution >= 0.6 is 0 Å². The SMILES string of the molecule is CC(C)CC(=O)Nc1cccc(CNc2ccc(S(=O)(=O)C(F)(F)F)cc2[N+](=O)[O-])c1. The zero-order chi connectivity index (χ0) is 23.4. The number of hydrogen-bond donors (Lipinski definition) is 2.